The van der Waals surface area contributed by atoms with Crippen LogP contribution in [-0.4, -0.2) is 10.9 Å². The van der Waals surface area contributed by atoms with Crippen LogP contribution < -0.4 is 5.32 Å². The van der Waals surface area contributed by atoms with Crippen molar-refractivity contribution in [3.05, 3.63) is 101 Å². The Morgan fingerprint density at radius 2 is 1.45 bits per heavy atom. The van der Waals surface area contributed by atoms with Crippen LogP contribution in [0.25, 0.3) is 27.8 Å². The first-order valence-electron chi connectivity index (χ1n) is 9.87. The van der Waals surface area contributed by atoms with Crippen molar-refractivity contribution in [3.63, 3.8) is 0 Å². The van der Waals surface area contributed by atoms with E-state index in [9.17, 15) is 9.18 Å². The van der Waals surface area contributed by atoms with Gasteiger partial charge in [-0.1, -0.05) is 83.1 Å². The van der Waals surface area contributed by atoms with Crippen molar-refractivity contribution in [3.8, 4) is 21.7 Å². The quantitative estimate of drug-likeness (QED) is 0.352. The van der Waals surface area contributed by atoms with Gasteiger partial charge in [0.05, 0.1) is 10.6 Å². The summed E-state index contributed by atoms with van der Waals surface area (Å²) in [5.74, 6) is -0.597. The van der Waals surface area contributed by atoms with Crippen LogP contribution in [0.4, 0.5) is 9.52 Å². The summed E-state index contributed by atoms with van der Waals surface area (Å²) in [5.41, 5.74) is 6.00. The highest BCUT2D eigenvalue weighted by Crippen LogP contribution is 2.39. The number of thiazole rings is 1. The number of aromatic nitrogens is 1. The number of amides is 1. The topological polar surface area (TPSA) is 42.0 Å². The highest BCUT2D eigenvalue weighted by atomic mass is 32.1. The highest BCUT2D eigenvalue weighted by Gasteiger charge is 2.16. The number of benzene rings is 3. The van der Waals surface area contributed by atoms with E-state index in [0.717, 1.165) is 27.3 Å². The van der Waals surface area contributed by atoms with Gasteiger partial charge in [0.15, 0.2) is 5.13 Å². The van der Waals surface area contributed by atoms with E-state index < -0.39 is 0 Å². The smallest absolute Gasteiger partial charge is 0.250 e. The lowest BCUT2D eigenvalue weighted by molar-refractivity contribution is -0.111. The predicted octanol–water partition coefficient (Wildman–Crippen LogP) is 6.88. The maximum atomic E-state index is 13.0. The second kappa shape index (κ2) is 9.06. The molecule has 1 heterocycles. The van der Waals surface area contributed by atoms with Gasteiger partial charge in [0.2, 0.25) is 5.91 Å². The summed E-state index contributed by atoms with van der Waals surface area (Å²) in [6, 6.07) is 22.4. The van der Waals surface area contributed by atoms with Crippen LogP contribution in [-0.2, 0) is 4.79 Å². The second-order valence-electron chi connectivity index (χ2n) is 7.30. The molecule has 0 saturated heterocycles. The van der Waals surface area contributed by atoms with E-state index in [1.165, 1.54) is 40.7 Å². The van der Waals surface area contributed by atoms with Crippen LogP contribution in [0, 0.1) is 19.7 Å². The number of aryl methyl sites for hydroxylation is 2. The highest BCUT2D eigenvalue weighted by molar-refractivity contribution is 7.19. The lowest BCUT2D eigenvalue weighted by atomic mass is 10.0. The first-order valence-corrected chi connectivity index (χ1v) is 10.7. The molecular formula is C26H21FN2OS. The zero-order chi connectivity index (χ0) is 21.8. The number of carbonyl (C=O) groups is 1. The first kappa shape index (κ1) is 20.7. The van der Waals surface area contributed by atoms with Gasteiger partial charge in [0.25, 0.3) is 0 Å². The second-order valence-corrected chi connectivity index (χ2v) is 8.30. The number of hydrogen-bond donors (Lipinski definition) is 1. The Balaban J connectivity index is 1.62. The molecule has 0 atom stereocenters. The van der Waals surface area contributed by atoms with Gasteiger partial charge in [0, 0.05) is 11.6 Å². The van der Waals surface area contributed by atoms with E-state index in [2.05, 4.69) is 48.6 Å². The molecule has 0 aliphatic heterocycles. The molecule has 0 aliphatic rings. The zero-order valence-corrected chi connectivity index (χ0v) is 18.0. The van der Waals surface area contributed by atoms with E-state index >= 15 is 0 Å². The van der Waals surface area contributed by atoms with E-state index in [4.69, 9.17) is 4.98 Å². The Hall–Kier alpha value is -3.57. The molecule has 154 valence electrons. The van der Waals surface area contributed by atoms with Crippen molar-refractivity contribution >= 4 is 28.5 Å². The molecule has 1 N–H and O–H groups in total. The first-order chi connectivity index (χ1) is 15.0. The Morgan fingerprint density at radius 3 is 2.06 bits per heavy atom. The minimum absolute atomic E-state index is 0.288. The number of rotatable bonds is 5. The summed E-state index contributed by atoms with van der Waals surface area (Å²) >= 11 is 1.44. The number of carbonyl (C=O) groups excluding carboxylic acids is 1. The molecule has 4 aromatic rings. The monoisotopic (exact) mass is 428 g/mol. The number of nitrogens with zero attached hydrogens (tertiary/aromatic N) is 1. The maximum absolute atomic E-state index is 13.0. The van der Waals surface area contributed by atoms with Crippen LogP contribution in [0.3, 0.4) is 0 Å². The van der Waals surface area contributed by atoms with Gasteiger partial charge in [-0.15, -0.1) is 0 Å². The Bertz CT molecular complexity index is 1160. The van der Waals surface area contributed by atoms with Crippen molar-refractivity contribution in [1.82, 2.24) is 4.98 Å². The third-order valence-electron chi connectivity index (χ3n) is 4.79. The normalized spacial score (nSPS) is 11.1. The average Bonchev–Trinajstić information content (AvgIpc) is 3.18. The van der Waals surface area contributed by atoms with Gasteiger partial charge < -0.3 is 0 Å². The summed E-state index contributed by atoms with van der Waals surface area (Å²) in [5, 5.41) is 3.38. The lowest BCUT2D eigenvalue weighted by Gasteiger charge is -2.04. The maximum Gasteiger partial charge on any atom is 0.250 e. The number of nitrogens with one attached hydrogen (secondary N) is 1. The average molecular weight is 429 g/mol. The van der Waals surface area contributed by atoms with E-state index in [1.807, 2.05) is 19.1 Å². The summed E-state index contributed by atoms with van der Waals surface area (Å²) in [4.78, 5) is 18.2. The fourth-order valence-electron chi connectivity index (χ4n) is 3.07. The molecule has 31 heavy (non-hydrogen) atoms. The SMILES string of the molecule is Cc1ccc(-c2nc(NC(=O)C=Cc3ccc(F)cc3)sc2-c2ccc(C)cc2)cc1. The standard InChI is InChI=1S/C26H21FN2OS/c1-17-3-10-20(11-4-17)24-25(21-12-5-18(2)6-13-21)31-26(29-24)28-23(30)16-9-19-7-14-22(27)15-8-19/h3-16H,1-2H3,(H,28,29,30). The Morgan fingerprint density at radius 1 is 0.871 bits per heavy atom. The molecule has 0 unspecified atom stereocenters. The molecule has 0 bridgehead atoms. The Kier molecular flexibility index (Phi) is 6.05. The summed E-state index contributed by atoms with van der Waals surface area (Å²) < 4.78 is 13.0. The van der Waals surface area contributed by atoms with Gasteiger partial charge in [-0.25, -0.2) is 9.37 Å². The molecule has 3 nitrogen and oxygen atoms in total. The van der Waals surface area contributed by atoms with E-state index in [-0.39, 0.29) is 11.7 Å². The third-order valence-corrected chi connectivity index (χ3v) is 5.81. The summed E-state index contributed by atoms with van der Waals surface area (Å²) in [6.45, 7) is 4.10. The molecule has 0 spiro atoms. The van der Waals surface area contributed by atoms with Gasteiger partial charge in [-0.3, -0.25) is 10.1 Å². The van der Waals surface area contributed by atoms with Crippen LogP contribution in [0.15, 0.2) is 78.9 Å². The fraction of sp³-hybridized carbons (Fsp3) is 0.0769. The van der Waals surface area contributed by atoms with Gasteiger partial charge in [-0.2, -0.15) is 0 Å². The molecule has 0 radical (unpaired) electrons. The van der Waals surface area contributed by atoms with E-state index in [1.54, 1.807) is 18.2 Å². The van der Waals surface area contributed by atoms with Crippen LogP contribution >= 0.6 is 11.3 Å². The molecule has 1 aromatic heterocycles. The molecule has 0 aliphatic carbocycles. The van der Waals surface area contributed by atoms with Crippen LogP contribution in [0.2, 0.25) is 0 Å². The zero-order valence-electron chi connectivity index (χ0n) is 17.2. The van der Waals surface area contributed by atoms with Crippen molar-refractivity contribution in [1.29, 1.82) is 0 Å². The van der Waals surface area contributed by atoms with E-state index in [0.29, 0.717) is 5.13 Å². The molecule has 5 heteroatoms. The lowest BCUT2D eigenvalue weighted by Crippen LogP contribution is -2.07. The van der Waals surface area contributed by atoms with Gasteiger partial charge >= 0.3 is 0 Å². The molecule has 3 aromatic carbocycles. The predicted molar refractivity (Wildman–Crippen MR) is 127 cm³/mol. The molecule has 0 fully saturated rings. The van der Waals surface area contributed by atoms with Crippen LogP contribution in [0.1, 0.15) is 16.7 Å². The molecule has 1 amide bonds. The van der Waals surface area contributed by atoms with Crippen LogP contribution in [0.5, 0.6) is 0 Å². The third kappa shape index (κ3) is 5.13. The number of halogens is 1. The van der Waals surface area contributed by atoms with Gasteiger partial charge in [-0.05, 0) is 43.2 Å². The summed E-state index contributed by atoms with van der Waals surface area (Å²) in [6.07, 6.45) is 3.07. The summed E-state index contributed by atoms with van der Waals surface area (Å²) in [7, 11) is 0. The number of hydrogen-bond acceptors (Lipinski definition) is 3. The number of anilines is 1. The van der Waals surface area contributed by atoms with Crippen molar-refractivity contribution in [2.45, 2.75) is 13.8 Å². The minimum atomic E-state index is -0.309. The molecule has 4 rings (SSSR count). The van der Waals surface area contributed by atoms with Crippen molar-refractivity contribution in [2.24, 2.45) is 0 Å². The van der Waals surface area contributed by atoms with Crippen molar-refractivity contribution in [2.75, 3.05) is 5.32 Å². The molecular weight excluding hydrogens is 407 g/mol. The fourth-order valence-corrected chi connectivity index (χ4v) is 4.07. The van der Waals surface area contributed by atoms with Gasteiger partial charge in [0.1, 0.15) is 5.82 Å². The Labute approximate surface area is 184 Å². The molecule has 0 saturated carbocycles. The largest absolute Gasteiger partial charge is 0.298 e. The van der Waals surface area contributed by atoms with Crippen molar-refractivity contribution < 1.29 is 9.18 Å². The minimum Gasteiger partial charge on any atom is -0.298 e.